The molecule has 100 valence electrons. The fraction of sp³-hybridized carbons (Fsp3) is 0.333. The van der Waals surface area contributed by atoms with Crippen molar-refractivity contribution in [2.24, 2.45) is 0 Å². The molecule has 0 N–H and O–H groups in total. The second-order valence-electron chi connectivity index (χ2n) is 5.16. The van der Waals surface area contributed by atoms with E-state index in [1.165, 1.54) is 34.2 Å². The van der Waals surface area contributed by atoms with E-state index < -0.39 is 0 Å². The third-order valence-electron chi connectivity index (χ3n) is 3.61. The Labute approximate surface area is 125 Å². The molecule has 1 heteroatoms. The van der Waals surface area contributed by atoms with Gasteiger partial charge in [0.05, 0.1) is 4.83 Å². The lowest BCUT2D eigenvalue weighted by Crippen LogP contribution is -1.99. The van der Waals surface area contributed by atoms with Gasteiger partial charge in [-0.25, -0.2) is 0 Å². The molecule has 2 aromatic carbocycles. The largest absolute Gasteiger partial charge is 0.0786 e. The third kappa shape index (κ3) is 3.27. The van der Waals surface area contributed by atoms with Crippen molar-refractivity contribution in [2.45, 2.75) is 38.4 Å². The lowest BCUT2D eigenvalue weighted by molar-refractivity contribution is 0.920. The Hall–Kier alpha value is -1.08. The minimum atomic E-state index is 0.282. The number of benzene rings is 2. The first-order valence-corrected chi connectivity index (χ1v) is 7.84. The number of hydrogen-bond acceptors (Lipinski definition) is 0. The van der Waals surface area contributed by atoms with Gasteiger partial charge in [-0.2, -0.15) is 0 Å². The van der Waals surface area contributed by atoms with Gasteiger partial charge < -0.3 is 0 Å². The molecule has 1 atom stereocenters. The van der Waals surface area contributed by atoms with Crippen LogP contribution in [0.4, 0.5) is 0 Å². The maximum absolute atomic E-state index is 3.86. The van der Waals surface area contributed by atoms with Crippen LogP contribution in [0.1, 0.15) is 46.0 Å². The highest BCUT2D eigenvalue weighted by Gasteiger charge is 2.14. The van der Waals surface area contributed by atoms with Gasteiger partial charge in [0.25, 0.3) is 0 Å². The van der Waals surface area contributed by atoms with E-state index >= 15 is 0 Å². The van der Waals surface area contributed by atoms with Crippen molar-refractivity contribution in [3.8, 4) is 0 Å². The van der Waals surface area contributed by atoms with Crippen LogP contribution in [0.15, 0.2) is 42.5 Å². The van der Waals surface area contributed by atoms with Gasteiger partial charge in [-0.15, -0.1) is 0 Å². The van der Waals surface area contributed by atoms with Gasteiger partial charge in [-0.3, -0.25) is 0 Å². The summed E-state index contributed by atoms with van der Waals surface area (Å²) in [5.41, 5.74) is 6.84. The molecule has 0 aliphatic rings. The van der Waals surface area contributed by atoms with Gasteiger partial charge in [0.2, 0.25) is 0 Å². The zero-order valence-electron chi connectivity index (χ0n) is 11.9. The third-order valence-corrected chi connectivity index (χ3v) is 4.59. The molecule has 0 aliphatic heterocycles. The smallest absolute Gasteiger partial charge is 0.0649 e. The fourth-order valence-electron chi connectivity index (χ4n) is 2.54. The van der Waals surface area contributed by atoms with Crippen molar-refractivity contribution >= 4 is 15.9 Å². The average molecular weight is 317 g/mol. The van der Waals surface area contributed by atoms with Gasteiger partial charge in [-0.05, 0) is 48.1 Å². The van der Waals surface area contributed by atoms with Crippen LogP contribution in [0.2, 0.25) is 0 Å². The highest BCUT2D eigenvalue weighted by Crippen LogP contribution is 2.34. The van der Waals surface area contributed by atoms with Crippen LogP contribution in [-0.2, 0) is 6.42 Å². The molecule has 0 fully saturated rings. The standard InChI is InChI=1S/C18H21Br/c1-4-6-15-9-11-16(12-10-15)18(19)17-13(2)7-5-8-14(17)3/h5,7-12,18H,4,6H2,1-3H3. The van der Waals surface area contributed by atoms with E-state index in [-0.39, 0.29) is 4.83 Å². The number of aryl methyl sites for hydroxylation is 3. The monoisotopic (exact) mass is 316 g/mol. The fourth-order valence-corrected chi connectivity index (χ4v) is 3.56. The predicted molar refractivity (Wildman–Crippen MR) is 87.1 cm³/mol. The molecule has 0 saturated carbocycles. The first kappa shape index (κ1) is 14.3. The molecule has 0 aliphatic carbocycles. The van der Waals surface area contributed by atoms with Crippen LogP contribution in [-0.4, -0.2) is 0 Å². The van der Waals surface area contributed by atoms with Crippen LogP contribution in [0.3, 0.4) is 0 Å². The lowest BCUT2D eigenvalue weighted by Gasteiger charge is -2.17. The van der Waals surface area contributed by atoms with Gasteiger partial charge in [0.1, 0.15) is 0 Å². The molecule has 0 spiro atoms. The summed E-state index contributed by atoms with van der Waals surface area (Å²) >= 11 is 3.86. The summed E-state index contributed by atoms with van der Waals surface area (Å²) in [5.74, 6) is 0. The quantitative estimate of drug-likeness (QED) is 0.631. The van der Waals surface area contributed by atoms with Gasteiger partial charge in [0.15, 0.2) is 0 Å². The molecule has 0 amide bonds. The maximum atomic E-state index is 3.86. The van der Waals surface area contributed by atoms with Crippen molar-refractivity contribution in [3.05, 3.63) is 70.3 Å². The normalized spacial score (nSPS) is 12.4. The van der Waals surface area contributed by atoms with E-state index in [1.54, 1.807) is 0 Å². The molecular formula is C18H21Br. The zero-order chi connectivity index (χ0) is 13.8. The maximum Gasteiger partial charge on any atom is 0.0649 e. The molecule has 19 heavy (non-hydrogen) atoms. The number of halogens is 1. The van der Waals surface area contributed by atoms with E-state index in [9.17, 15) is 0 Å². The van der Waals surface area contributed by atoms with E-state index in [4.69, 9.17) is 0 Å². The molecule has 0 heterocycles. The van der Waals surface area contributed by atoms with E-state index in [0.29, 0.717) is 0 Å². The lowest BCUT2D eigenvalue weighted by atomic mass is 9.95. The van der Waals surface area contributed by atoms with Crippen LogP contribution in [0.5, 0.6) is 0 Å². The molecule has 2 rings (SSSR count). The van der Waals surface area contributed by atoms with Gasteiger partial charge in [0, 0.05) is 0 Å². The minimum absolute atomic E-state index is 0.282. The second-order valence-corrected chi connectivity index (χ2v) is 6.08. The van der Waals surface area contributed by atoms with E-state index in [2.05, 4.69) is 79.2 Å². The Balaban J connectivity index is 2.31. The highest BCUT2D eigenvalue weighted by atomic mass is 79.9. The number of rotatable bonds is 4. The minimum Gasteiger partial charge on any atom is -0.0786 e. The van der Waals surface area contributed by atoms with Crippen LogP contribution < -0.4 is 0 Å². The predicted octanol–water partition coefficient (Wildman–Crippen LogP) is 5.74. The summed E-state index contributed by atoms with van der Waals surface area (Å²) in [4.78, 5) is 0.282. The van der Waals surface area contributed by atoms with Crippen LogP contribution >= 0.6 is 15.9 Å². The SMILES string of the molecule is CCCc1ccc(C(Br)c2c(C)cccc2C)cc1. The van der Waals surface area contributed by atoms with Gasteiger partial charge in [-0.1, -0.05) is 71.7 Å². The molecule has 0 saturated heterocycles. The van der Waals surface area contributed by atoms with Crippen molar-refractivity contribution in [1.29, 1.82) is 0 Å². The second kappa shape index (κ2) is 6.38. The van der Waals surface area contributed by atoms with Crippen molar-refractivity contribution < 1.29 is 0 Å². The van der Waals surface area contributed by atoms with E-state index in [0.717, 1.165) is 6.42 Å². The highest BCUT2D eigenvalue weighted by molar-refractivity contribution is 9.09. The number of hydrogen-bond donors (Lipinski definition) is 0. The Bertz CT molecular complexity index is 520. The van der Waals surface area contributed by atoms with Crippen molar-refractivity contribution in [3.63, 3.8) is 0 Å². The summed E-state index contributed by atoms with van der Waals surface area (Å²) in [6.07, 6.45) is 2.37. The first-order valence-electron chi connectivity index (χ1n) is 6.92. The summed E-state index contributed by atoms with van der Waals surface area (Å²) in [6, 6.07) is 15.5. The topological polar surface area (TPSA) is 0 Å². The first-order chi connectivity index (χ1) is 9.13. The molecule has 0 bridgehead atoms. The summed E-state index contributed by atoms with van der Waals surface area (Å²) in [5, 5.41) is 0. The molecule has 0 nitrogen and oxygen atoms in total. The van der Waals surface area contributed by atoms with Crippen LogP contribution in [0, 0.1) is 13.8 Å². The summed E-state index contributed by atoms with van der Waals surface area (Å²) < 4.78 is 0. The Morgan fingerprint density at radius 1 is 0.947 bits per heavy atom. The molecule has 0 aromatic heterocycles. The Morgan fingerprint density at radius 3 is 2.05 bits per heavy atom. The van der Waals surface area contributed by atoms with Gasteiger partial charge >= 0.3 is 0 Å². The van der Waals surface area contributed by atoms with E-state index in [1.807, 2.05) is 0 Å². The Kier molecular flexibility index (Phi) is 4.81. The Morgan fingerprint density at radius 2 is 1.53 bits per heavy atom. The summed E-state index contributed by atoms with van der Waals surface area (Å²) in [7, 11) is 0. The molecule has 2 aromatic rings. The molecule has 0 radical (unpaired) electrons. The number of alkyl halides is 1. The van der Waals surface area contributed by atoms with Crippen molar-refractivity contribution in [2.75, 3.05) is 0 Å². The van der Waals surface area contributed by atoms with Crippen LogP contribution in [0.25, 0.3) is 0 Å². The zero-order valence-corrected chi connectivity index (χ0v) is 13.5. The summed E-state index contributed by atoms with van der Waals surface area (Å²) in [6.45, 7) is 6.59. The average Bonchev–Trinajstić information content (AvgIpc) is 2.39. The molecular weight excluding hydrogens is 296 g/mol. The molecule has 1 unspecified atom stereocenters. The van der Waals surface area contributed by atoms with Crippen molar-refractivity contribution in [1.82, 2.24) is 0 Å².